The Balaban J connectivity index is 1.94. The van der Waals surface area contributed by atoms with E-state index in [2.05, 4.69) is 0 Å². The van der Waals surface area contributed by atoms with E-state index in [9.17, 15) is 36.2 Å². The standard InChI is InChI=1S/C25H27F6NO2/c1-2-3-17-4-9-21(25(29,30)31)14-19(17)15-32-11-10-16(13-23(33)34)12-22(32)18-5-7-20(8-6-18)24(26,27)28/h4-9,14,16,22H,2-3,10-13,15H2,1H3,(H,33,34)/t16-,22+/m0/s1. The van der Waals surface area contributed by atoms with Gasteiger partial charge in [0.1, 0.15) is 0 Å². The average Bonchev–Trinajstić information content (AvgIpc) is 2.74. The van der Waals surface area contributed by atoms with Crippen LogP contribution in [0.15, 0.2) is 42.5 Å². The van der Waals surface area contributed by atoms with E-state index in [0.29, 0.717) is 36.9 Å². The molecule has 1 saturated heterocycles. The zero-order valence-corrected chi connectivity index (χ0v) is 18.7. The molecule has 2 aromatic carbocycles. The zero-order valence-electron chi connectivity index (χ0n) is 18.7. The van der Waals surface area contributed by atoms with Crippen molar-refractivity contribution < 1.29 is 36.2 Å². The first-order valence-electron chi connectivity index (χ1n) is 11.2. The molecule has 2 atom stereocenters. The molecule has 3 rings (SSSR count). The van der Waals surface area contributed by atoms with Gasteiger partial charge in [-0.05, 0) is 72.7 Å². The van der Waals surface area contributed by atoms with E-state index >= 15 is 0 Å². The van der Waals surface area contributed by atoms with Gasteiger partial charge in [-0.25, -0.2) is 0 Å². The third-order valence-electron chi connectivity index (χ3n) is 6.33. The topological polar surface area (TPSA) is 40.5 Å². The number of carboxylic acid groups (broad SMARTS) is 1. The monoisotopic (exact) mass is 487 g/mol. The highest BCUT2D eigenvalue weighted by Crippen LogP contribution is 2.39. The third kappa shape index (κ3) is 6.52. The summed E-state index contributed by atoms with van der Waals surface area (Å²) in [7, 11) is 0. The first-order valence-corrected chi connectivity index (χ1v) is 11.2. The van der Waals surface area contributed by atoms with Crippen molar-refractivity contribution in [1.29, 1.82) is 0 Å². The van der Waals surface area contributed by atoms with Gasteiger partial charge in [-0.15, -0.1) is 0 Å². The number of hydrogen-bond donors (Lipinski definition) is 1. The largest absolute Gasteiger partial charge is 0.481 e. The van der Waals surface area contributed by atoms with Crippen molar-refractivity contribution in [3.8, 4) is 0 Å². The molecule has 1 aliphatic rings. The van der Waals surface area contributed by atoms with Crippen LogP contribution in [0.5, 0.6) is 0 Å². The molecule has 34 heavy (non-hydrogen) atoms. The van der Waals surface area contributed by atoms with Gasteiger partial charge in [-0.3, -0.25) is 9.69 Å². The lowest BCUT2D eigenvalue weighted by atomic mass is 9.84. The minimum absolute atomic E-state index is 0.0599. The number of piperidine rings is 1. The fourth-order valence-corrected chi connectivity index (χ4v) is 4.63. The van der Waals surface area contributed by atoms with E-state index in [4.69, 9.17) is 0 Å². The lowest BCUT2D eigenvalue weighted by molar-refractivity contribution is -0.139. The van der Waals surface area contributed by atoms with Crippen LogP contribution in [0, 0.1) is 5.92 Å². The summed E-state index contributed by atoms with van der Waals surface area (Å²) >= 11 is 0. The van der Waals surface area contributed by atoms with Gasteiger partial charge < -0.3 is 5.11 Å². The number of benzene rings is 2. The second-order valence-corrected chi connectivity index (χ2v) is 8.83. The molecule has 9 heteroatoms. The smallest absolute Gasteiger partial charge is 0.416 e. The highest BCUT2D eigenvalue weighted by atomic mass is 19.4. The maximum atomic E-state index is 13.4. The van der Waals surface area contributed by atoms with E-state index in [-0.39, 0.29) is 18.9 Å². The molecule has 0 amide bonds. The highest BCUT2D eigenvalue weighted by molar-refractivity contribution is 5.67. The van der Waals surface area contributed by atoms with Crippen molar-refractivity contribution in [3.63, 3.8) is 0 Å². The summed E-state index contributed by atoms with van der Waals surface area (Å²) in [4.78, 5) is 13.2. The predicted molar refractivity (Wildman–Crippen MR) is 115 cm³/mol. The molecule has 0 spiro atoms. The van der Waals surface area contributed by atoms with Crippen LogP contribution >= 0.6 is 0 Å². The van der Waals surface area contributed by atoms with E-state index in [1.54, 1.807) is 0 Å². The van der Waals surface area contributed by atoms with Crippen LogP contribution in [-0.2, 0) is 30.1 Å². The Hall–Kier alpha value is -2.55. The van der Waals surface area contributed by atoms with Gasteiger partial charge in [-0.2, -0.15) is 26.3 Å². The third-order valence-corrected chi connectivity index (χ3v) is 6.33. The van der Waals surface area contributed by atoms with E-state index in [1.165, 1.54) is 18.2 Å². The second-order valence-electron chi connectivity index (χ2n) is 8.83. The molecule has 2 aromatic rings. The number of aliphatic carboxylic acids is 1. The number of halogens is 6. The van der Waals surface area contributed by atoms with Crippen molar-refractivity contribution in [2.45, 2.75) is 64.0 Å². The van der Waals surface area contributed by atoms with Gasteiger partial charge in [0, 0.05) is 19.0 Å². The fraction of sp³-hybridized carbons (Fsp3) is 0.480. The van der Waals surface area contributed by atoms with Crippen molar-refractivity contribution in [2.24, 2.45) is 5.92 Å². The Morgan fingerprint density at radius 2 is 1.59 bits per heavy atom. The molecule has 1 fully saturated rings. The van der Waals surface area contributed by atoms with Crippen molar-refractivity contribution in [2.75, 3.05) is 6.54 Å². The molecule has 1 N–H and O–H groups in total. The van der Waals surface area contributed by atoms with Gasteiger partial charge in [0.05, 0.1) is 11.1 Å². The first kappa shape index (κ1) is 26.1. The summed E-state index contributed by atoms with van der Waals surface area (Å²) in [6.45, 7) is 2.57. The molecule has 0 aliphatic carbocycles. The van der Waals surface area contributed by atoms with Crippen LogP contribution in [0.3, 0.4) is 0 Å². The molecule has 3 nitrogen and oxygen atoms in total. The highest BCUT2D eigenvalue weighted by Gasteiger charge is 2.35. The summed E-state index contributed by atoms with van der Waals surface area (Å²) in [6.07, 6.45) is -6.72. The molecule has 0 unspecified atom stereocenters. The number of likely N-dealkylation sites (tertiary alicyclic amines) is 1. The molecular formula is C25H27F6NO2. The SMILES string of the molecule is CCCc1ccc(C(F)(F)F)cc1CN1CC[C@H](CC(=O)O)C[C@@H]1c1ccc(C(F)(F)F)cc1. The minimum atomic E-state index is -4.49. The van der Waals surface area contributed by atoms with Gasteiger partial charge in [0.2, 0.25) is 0 Å². The van der Waals surface area contributed by atoms with Crippen molar-refractivity contribution in [1.82, 2.24) is 4.90 Å². The van der Waals surface area contributed by atoms with Crippen LogP contribution in [0.2, 0.25) is 0 Å². The summed E-state index contributed by atoms with van der Waals surface area (Å²) in [5.74, 6) is -1.12. The summed E-state index contributed by atoms with van der Waals surface area (Å²) in [5, 5.41) is 9.21. The molecule has 0 saturated carbocycles. The fourth-order valence-electron chi connectivity index (χ4n) is 4.63. The van der Waals surface area contributed by atoms with E-state index < -0.39 is 35.5 Å². The molecule has 1 aliphatic heterocycles. The first-order chi connectivity index (χ1) is 15.9. The normalized spacial score (nSPS) is 19.9. The minimum Gasteiger partial charge on any atom is -0.481 e. The maximum Gasteiger partial charge on any atom is 0.416 e. The lowest BCUT2D eigenvalue weighted by Crippen LogP contribution is -2.37. The van der Waals surface area contributed by atoms with Crippen LogP contribution in [-0.4, -0.2) is 22.5 Å². The van der Waals surface area contributed by atoms with Crippen molar-refractivity contribution in [3.05, 3.63) is 70.3 Å². The van der Waals surface area contributed by atoms with Crippen LogP contribution in [0.4, 0.5) is 26.3 Å². The quantitative estimate of drug-likeness (QED) is 0.424. The Bertz CT molecular complexity index is 984. The van der Waals surface area contributed by atoms with Gasteiger partial charge in [0.15, 0.2) is 0 Å². The lowest BCUT2D eigenvalue weighted by Gasteiger charge is -2.40. The molecule has 0 bridgehead atoms. The number of hydrogen-bond acceptors (Lipinski definition) is 2. The van der Waals surface area contributed by atoms with Crippen molar-refractivity contribution >= 4 is 5.97 Å². The van der Waals surface area contributed by atoms with Gasteiger partial charge in [-0.1, -0.05) is 31.5 Å². The summed E-state index contributed by atoms with van der Waals surface area (Å²) in [6, 6.07) is 8.04. The van der Waals surface area contributed by atoms with E-state index in [0.717, 1.165) is 36.2 Å². The molecule has 0 radical (unpaired) electrons. The van der Waals surface area contributed by atoms with E-state index in [1.807, 2.05) is 11.8 Å². The predicted octanol–water partition coefficient (Wildman–Crippen LogP) is 7.10. The summed E-state index contributed by atoms with van der Waals surface area (Å²) < 4.78 is 79.1. The Morgan fingerprint density at radius 1 is 0.971 bits per heavy atom. The number of alkyl halides is 6. The maximum absolute atomic E-state index is 13.4. The molecule has 0 aromatic heterocycles. The van der Waals surface area contributed by atoms with Gasteiger partial charge in [0.25, 0.3) is 0 Å². The molecular weight excluding hydrogens is 460 g/mol. The Kier molecular flexibility index (Phi) is 7.95. The second kappa shape index (κ2) is 10.4. The molecule has 186 valence electrons. The summed E-state index contributed by atoms with van der Waals surface area (Å²) in [5.41, 5.74) is 0.393. The number of aryl methyl sites for hydroxylation is 1. The number of carboxylic acids is 1. The Morgan fingerprint density at radius 3 is 2.15 bits per heavy atom. The van der Waals surface area contributed by atoms with Crippen LogP contribution < -0.4 is 0 Å². The average molecular weight is 487 g/mol. The number of rotatable bonds is 7. The van der Waals surface area contributed by atoms with Crippen LogP contribution in [0.25, 0.3) is 0 Å². The molecule has 1 heterocycles. The number of nitrogens with zero attached hydrogens (tertiary/aromatic N) is 1. The van der Waals surface area contributed by atoms with Gasteiger partial charge >= 0.3 is 18.3 Å². The van der Waals surface area contributed by atoms with Crippen LogP contribution in [0.1, 0.15) is 66.5 Å². The Labute approximate surface area is 194 Å². The number of carbonyl (C=O) groups is 1. The zero-order chi connectivity index (χ0) is 25.1.